The van der Waals surface area contributed by atoms with Crippen molar-refractivity contribution in [1.29, 1.82) is 0 Å². The van der Waals surface area contributed by atoms with Crippen molar-refractivity contribution in [3.05, 3.63) is 102 Å². The fraction of sp³-hybridized carbons (Fsp3) is 0.419. The number of fused-ring (bicyclic) bond motifs is 4. The lowest BCUT2D eigenvalue weighted by Crippen LogP contribution is -2.45. The summed E-state index contributed by atoms with van der Waals surface area (Å²) in [6, 6.07) is 11.3. The molecule has 3 aromatic carbocycles. The zero-order chi connectivity index (χ0) is 42.1. The van der Waals surface area contributed by atoms with Gasteiger partial charge in [-0.1, -0.05) is 43.1 Å². The average molecular weight is 852 g/mol. The van der Waals surface area contributed by atoms with Gasteiger partial charge in [0.1, 0.15) is 18.8 Å². The quantitative estimate of drug-likeness (QED) is 0.106. The molecule has 3 aromatic rings. The standard InChI is InChI=1S/C43H45Cl2N3O9S/c1-42(2)22-25(23-58(54,55)56)26-19-28-30(21-34(26)46(42)5)43(3,4)29-20-33-24(18-27(29)38(28)39-31(44)12-13-32(45)40(39)41(52)53)10-9-17-47(33)16-8-6-7-11-37(51)57-48-35(49)14-15-36(48)50/h12-13,18-22H,6-11,14-17,23H2,1-5H3,(H-,52,53,54,55,56)/p+1. The van der Waals surface area contributed by atoms with Crippen LogP contribution in [0.15, 0.2) is 42.5 Å². The van der Waals surface area contributed by atoms with E-state index in [-0.39, 0.29) is 40.4 Å². The number of aryl methyl sites for hydroxylation is 1. The fourth-order valence-electron chi connectivity index (χ4n) is 8.86. The van der Waals surface area contributed by atoms with E-state index < -0.39 is 50.6 Å². The number of unbranched alkanes of at least 4 members (excludes halogenated alkanes) is 2. The number of amides is 2. The average Bonchev–Trinajstić information content (AvgIpc) is 3.45. The Morgan fingerprint density at radius 3 is 2.28 bits per heavy atom. The summed E-state index contributed by atoms with van der Waals surface area (Å²) in [7, 11) is -2.49. The monoisotopic (exact) mass is 850 g/mol. The molecule has 0 aromatic heterocycles. The van der Waals surface area contributed by atoms with Crippen LogP contribution in [0.2, 0.25) is 10.0 Å². The van der Waals surface area contributed by atoms with E-state index in [2.05, 4.69) is 35.5 Å². The summed E-state index contributed by atoms with van der Waals surface area (Å²) >= 11 is 13.6. The van der Waals surface area contributed by atoms with Gasteiger partial charge in [-0.25, -0.2) is 14.2 Å². The third-order valence-electron chi connectivity index (χ3n) is 12.0. The first-order chi connectivity index (χ1) is 27.2. The SMILES string of the molecule is CN1c2cc3c(cc2C(CS(=O)(=O)O)=CC1(C)C)C(c1c(Cl)ccc(Cl)c1C(=O)O)=c1cc2c(cc1C3(C)C)=[N+](CCCCCC(=O)ON1C(=O)CCC1=O)CCC2. The van der Waals surface area contributed by atoms with E-state index in [1.165, 1.54) is 6.07 Å². The number of carbonyl (C=O) groups excluding carboxylic acids is 3. The first-order valence-corrected chi connectivity index (χ1v) is 21.7. The Bertz CT molecular complexity index is 2580. The van der Waals surface area contributed by atoms with E-state index in [0.717, 1.165) is 71.7 Å². The lowest BCUT2D eigenvalue weighted by atomic mass is 9.67. The van der Waals surface area contributed by atoms with Gasteiger partial charge in [0.25, 0.3) is 21.9 Å². The molecule has 1 saturated heterocycles. The molecule has 1 fully saturated rings. The van der Waals surface area contributed by atoms with Gasteiger partial charge < -0.3 is 14.8 Å². The largest absolute Gasteiger partial charge is 0.478 e. The third kappa shape index (κ3) is 7.58. The Hall–Kier alpha value is -4.56. The number of carbonyl (C=O) groups is 4. The molecule has 12 nitrogen and oxygen atoms in total. The van der Waals surface area contributed by atoms with Gasteiger partial charge in [-0.15, -0.1) is 5.06 Å². The summed E-state index contributed by atoms with van der Waals surface area (Å²) in [5.74, 6) is -3.46. The van der Waals surface area contributed by atoms with Crippen molar-refractivity contribution in [1.82, 2.24) is 9.64 Å². The minimum absolute atomic E-state index is 0.0224. The van der Waals surface area contributed by atoms with E-state index in [0.29, 0.717) is 33.8 Å². The fourth-order valence-corrected chi connectivity index (χ4v) is 9.98. The number of carboxylic acid groups (broad SMARTS) is 1. The van der Waals surface area contributed by atoms with Gasteiger partial charge in [0, 0.05) is 78.0 Å². The van der Waals surface area contributed by atoms with Crippen LogP contribution in [-0.4, -0.2) is 78.3 Å². The molecule has 1 aliphatic carbocycles. The second-order valence-corrected chi connectivity index (χ2v) is 18.8. The molecule has 0 bridgehead atoms. The molecule has 4 aliphatic rings. The number of hydrogen-bond acceptors (Lipinski definition) is 8. The van der Waals surface area contributed by atoms with E-state index in [1.807, 2.05) is 39.1 Å². The molecule has 0 radical (unpaired) electrons. The molecule has 0 atom stereocenters. The second kappa shape index (κ2) is 15.2. The van der Waals surface area contributed by atoms with Crippen molar-refractivity contribution in [2.24, 2.45) is 0 Å². The molecule has 58 heavy (non-hydrogen) atoms. The van der Waals surface area contributed by atoms with Crippen molar-refractivity contribution < 1.29 is 42.1 Å². The lowest BCUT2D eigenvalue weighted by molar-refractivity contribution is -0.197. The van der Waals surface area contributed by atoms with Crippen LogP contribution in [-0.2, 0) is 41.2 Å². The Kier molecular flexibility index (Phi) is 10.9. The van der Waals surface area contributed by atoms with Crippen LogP contribution in [0.3, 0.4) is 0 Å². The zero-order valence-corrected chi connectivity index (χ0v) is 35.4. The number of halogens is 2. The number of hydrogen-bond donors (Lipinski definition) is 2. The summed E-state index contributed by atoms with van der Waals surface area (Å²) in [6.45, 7) is 9.71. The molecule has 306 valence electrons. The van der Waals surface area contributed by atoms with Crippen LogP contribution in [0.4, 0.5) is 5.69 Å². The maximum absolute atomic E-state index is 13.0. The Labute approximate surface area is 347 Å². The molecule has 0 unspecified atom stereocenters. The normalized spacial score (nSPS) is 18.0. The van der Waals surface area contributed by atoms with Gasteiger partial charge in [-0.05, 0) is 96.5 Å². The highest BCUT2D eigenvalue weighted by Crippen LogP contribution is 2.48. The van der Waals surface area contributed by atoms with Crippen molar-refractivity contribution in [3.63, 3.8) is 0 Å². The molecule has 2 N–H and O–H groups in total. The van der Waals surface area contributed by atoms with Crippen molar-refractivity contribution in [3.8, 4) is 0 Å². The summed E-state index contributed by atoms with van der Waals surface area (Å²) < 4.78 is 37.1. The first-order valence-electron chi connectivity index (χ1n) is 19.4. The third-order valence-corrected chi connectivity index (χ3v) is 13.3. The maximum Gasteiger partial charge on any atom is 0.337 e. The van der Waals surface area contributed by atoms with Crippen LogP contribution in [0.1, 0.15) is 116 Å². The van der Waals surface area contributed by atoms with E-state index in [1.54, 1.807) is 6.07 Å². The Morgan fingerprint density at radius 2 is 1.60 bits per heavy atom. The maximum atomic E-state index is 13.0. The first kappa shape index (κ1) is 41.6. The van der Waals surface area contributed by atoms with E-state index in [4.69, 9.17) is 28.0 Å². The molecule has 3 aliphatic heterocycles. The molecular formula is C43H46Cl2N3O9S+. The van der Waals surface area contributed by atoms with Crippen LogP contribution in [0.5, 0.6) is 0 Å². The molecule has 3 heterocycles. The Balaban J connectivity index is 1.37. The minimum Gasteiger partial charge on any atom is -0.478 e. The van der Waals surface area contributed by atoms with Crippen molar-refractivity contribution >= 4 is 73.9 Å². The molecule has 0 spiro atoms. The van der Waals surface area contributed by atoms with E-state index >= 15 is 0 Å². The number of imide groups is 1. The Morgan fingerprint density at radius 1 is 0.914 bits per heavy atom. The van der Waals surface area contributed by atoms with Crippen molar-refractivity contribution in [2.75, 3.05) is 30.8 Å². The number of anilines is 1. The second-order valence-electron chi connectivity index (χ2n) is 16.6. The highest BCUT2D eigenvalue weighted by Gasteiger charge is 2.40. The highest BCUT2D eigenvalue weighted by atomic mass is 35.5. The predicted octanol–water partition coefficient (Wildman–Crippen LogP) is 5.68. The number of rotatable bonds is 11. The van der Waals surface area contributed by atoms with E-state index in [9.17, 15) is 37.3 Å². The van der Waals surface area contributed by atoms with Crippen LogP contribution >= 0.6 is 23.2 Å². The number of hydroxylamine groups is 2. The molecule has 2 amide bonds. The number of carboxylic acids is 1. The summed E-state index contributed by atoms with van der Waals surface area (Å²) in [6.07, 6.45) is 5.70. The molecule has 15 heteroatoms. The van der Waals surface area contributed by atoms with Gasteiger partial charge >= 0.3 is 11.9 Å². The zero-order valence-electron chi connectivity index (χ0n) is 33.1. The highest BCUT2D eigenvalue weighted by molar-refractivity contribution is 7.86. The van der Waals surface area contributed by atoms with Crippen LogP contribution in [0, 0.1) is 0 Å². The number of nitrogens with zero attached hydrogens (tertiary/aromatic N) is 3. The summed E-state index contributed by atoms with van der Waals surface area (Å²) in [4.78, 5) is 56.1. The van der Waals surface area contributed by atoms with Gasteiger partial charge in [-0.2, -0.15) is 8.42 Å². The molecule has 0 saturated carbocycles. The van der Waals surface area contributed by atoms with Gasteiger partial charge in [0.05, 0.1) is 16.1 Å². The summed E-state index contributed by atoms with van der Waals surface area (Å²) in [5.41, 5.74) is 4.80. The minimum atomic E-state index is -4.42. The summed E-state index contributed by atoms with van der Waals surface area (Å²) in [5, 5.41) is 13.2. The van der Waals surface area contributed by atoms with Gasteiger partial charge in [0.15, 0.2) is 0 Å². The predicted molar refractivity (Wildman–Crippen MR) is 221 cm³/mol. The van der Waals surface area contributed by atoms with Crippen LogP contribution < -0.4 is 20.1 Å². The smallest absolute Gasteiger partial charge is 0.337 e. The van der Waals surface area contributed by atoms with Gasteiger partial charge in [0.2, 0.25) is 5.36 Å². The lowest BCUT2D eigenvalue weighted by Gasteiger charge is -2.43. The van der Waals surface area contributed by atoms with Gasteiger partial charge in [-0.3, -0.25) is 14.1 Å². The molecular weight excluding hydrogens is 805 g/mol. The number of aromatic carboxylic acids is 1. The molecule has 7 rings (SSSR count). The van der Waals surface area contributed by atoms with Crippen molar-refractivity contribution in [2.45, 2.75) is 90.0 Å². The van der Waals surface area contributed by atoms with Crippen LogP contribution in [0.25, 0.3) is 11.1 Å². The topological polar surface area (TPSA) is 162 Å². The number of benzene rings is 3. The number of likely N-dealkylation sites (N-methyl/N-ethyl adjacent to an activating group) is 1.